The molecule has 1 N–H and O–H groups in total. The van der Waals surface area contributed by atoms with Crippen LogP contribution in [0.4, 0.5) is 0 Å². The largest absolute Gasteiger partial charge is 0.381 e. The van der Waals surface area contributed by atoms with Gasteiger partial charge in [-0.25, -0.2) is 0 Å². The molecule has 1 saturated heterocycles. The Morgan fingerprint density at radius 3 is 2.89 bits per heavy atom. The second-order valence-corrected chi connectivity index (χ2v) is 5.07. The van der Waals surface area contributed by atoms with Crippen molar-refractivity contribution in [3.63, 3.8) is 0 Å². The molecule has 1 atom stereocenters. The monoisotopic (exact) mass is 248 g/mol. The predicted molar refractivity (Wildman–Crippen MR) is 73.6 cm³/mol. The van der Waals surface area contributed by atoms with Crippen molar-refractivity contribution in [2.45, 2.75) is 38.6 Å². The molecule has 0 aliphatic carbocycles. The van der Waals surface area contributed by atoms with Crippen molar-refractivity contribution >= 4 is 0 Å². The third kappa shape index (κ3) is 4.39. The smallest absolute Gasteiger partial charge is 0.0468 e. The minimum absolute atomic E-state index is 0.549. The van der Waals surface area contributed by atoms with Gasteiger partial charge in [0.1, 0.15) is 0 Å². The van der Waals surface area contributed by atoms with Gasteiger partial charge in [0.2, 0.25) is 0 Å². The van der Waals surface area contributed by atoms with Gasteiger partial charge in [-0.15, -0.1) is 0 Å². The summed E-state index contributed by atoms with van der Waals surface area (Å²) in [5, 5.41) is 3.60. The number of hydrogen-bond acceptors (Lipinski definition) is 3. The average Bonchev–Trinajstić information content (AvgIpc) is 2.41. The van der Waals surface area contributed by atoms with Crippen molar-refractivity contribution in [1.29, 1.82) is 0 Å². The first kappa shape index (κ1) is 13.5. The highest BCUT2D eigenvalue weighted by Crippen LogP contribution is 2.21. The average molecular weight is 248 g/mol. The summed E-state index contributed by atoms with van der Waals surface area (Å²) < 4.78 is 5.43. The molecular weight excluding hydrogens is 224 g/mol. The lowest BCUT2D eigenvalue weighted by Crippen LogP contribution is -2.34. The fraction of sp³-hybridized carbons (Fsp3) is 0.667. The molecule has 2 rings (SSSR count). The fourth-order valence-corrected chi connectivity index (χ4v) is 2.68. The highest BCUT2D eigenvalue weighted by molar-refractivity contribution is 5.05. The second kappa shape index (κ2) is 7.49. The summed E-state index contributed by atoms with van der Waals surface area (Å²) >= 11 is 0. The molecule has 0 spiro atoms. The number of aromatic nitrogens is 1. The van der Waals surface area contributed by atoms with Gasteiger partial charge in [-0.3, -0.25) is 4.98 Å². The molecule has 3 heteroatoms. The third-order valence-corrected chi connectivity index (χ3v) is 3.63. The number of nitrogens with one attached hydrogen (secondary N) is 1. The van der Waals surface area contributed by atoms with Crippen LogP contribution < -0.4 is 5.32 Å². The summed E-state index contributed by atoms with van der Waals surface area (Å²) in [6, 6.07) is 6.71. The zero-order chi connectivity index (χ0) is 12.6. The molecule has 18 heavy (non-hydrogen) atoms. The van der Waals surface area contributed by atoms with E-state index in [0.29, 0.717) is 6.04 Å². The highest BCUT2D eigenvalue weighted by Gasteiger charge is 2.19. The summed E-state index contributed by atoms with van der Waals surface area (Å²) in [4.78, 5) is 4.43. The van der Waals surface area contributed by atoms with Crippen LogP contribution in [0.2, 0.25) is 0 Å². The number of hydrogen-bond donors (Lipinski definition) is 1. The molecular formula is C15H24N2O. The van der Waals surface area contributed by atoms with Crippen LogP contribution in [0.25, 0.3) is 0 Å². The Bertz CT molecular complexity index is 323. The van der Waals surface area contributed by atoms with E-state index in [4.69, 9.17) is 4.74 Å². The van der Waals surface area contributed by atoms with Crippen LogP contribution in [-0.4, -0.2) is 30.8 Å². The van der Waals surface area contributed by atoms with Crippen LogP contribution in [0, 0.1) is 5.92 Å². The minimum Gasteiger partial charge on any atom is -0.381 e. The van der Waals surface area contributed by atoms with Crippen LogP contribution in [-0.2, 0) is 11.2 Å². The third-order valence-electron chi connectivity index (χ3n) is 3.63. The standard InChI is InChI=1S/C15H24N2O/c1-2-16-15(11-13-6-9-18-10-7-13)12-14-5-3-4-8-17-14/h3-5,8,13,15-16H,2,6-7,9-12H2,1H3. The van der Waals surface area contributed by atoms with Gasteiger partial charge >= 0.3 is 0 Å². The first-order valence-electron chi connectivity index (χ1n) is 7.09. The number of likely N-dealkylation sites (N-methyl/N-ethyl adjacent to an activating group) is 1. The maximum absolute atomic E-state index is 5.43. The Balaban J connectivity index is 1.86. The maximum atomic E-state index is 5.43. The van der Waals surface area contributed by atoms with Gasteiger partial charge in [0, 0.05) is 37.6 Å². The Labute approximate surface area is 110 Å². The van der Waals surface area contributed by atoms with E-state index < -0.39 is 0 Å². The molecule has 1 aliphatic heterocycles. The van der Waals surface area contributed by atoms with Gasteiger partial charge in [-0.2, -0.15) is 0 Å². The van der Waals surface area contributed by atoms with E-state index in [9.17, 15) is 0 Å². The van der Waals surface area contributed by atoms with Crippen LogP contribution in [0.5, 0.6) is 0 Å². The van der Waals surface area contributed by atoms with E-state index in [-0.39, 0.29) is 0 Å². The predicted octanol–water partition coefficient (Wildman–Crippen LogP) is 2.42. The zero-order valence-electron chi connectivity index (χ0n) is 11.3. The van der Waals surface area contributed by atoms with Gasteiger partial charge in [0.05, 0.1) is 0 Å². The van der Waals surface area contributed by atoms with Gasteiger partial charge < -0.3 is 10.1 Å². The van der Waals surface area contributed by atoms with Gasteiger partial charge in [0.15, 0.2) is 0 Å². The molecule has 100 valence electrons. The molecule has 1 unspecified atom stereocenters. The lowest BCUT2D eigenvalue weighted by molar-refractivity contribution is 0.0606. The SMILES string of the molecule is CCNC(Cc1ccccn1)CC1CCOCC1. The summed E-state index contributed by atoms with van der Waals surface area (Å²) in [6.07, 6.45) is 6.58. The van der Waals surface area contributed by atoms with E-state index in [1.54, 1.807) is 0 Å². The van der Waals surface area contributed by atoms with Gasteiger partial charge in [0.25, 0.3) is 0 Å². The first-order chi connectivity index (χ1) is 8.88. The highest BCUT2D eigenvalue weighted by atomic mass is 16.5. The van der Waals surface area contributed by atoms with Crippen LogP contribution in [0.15, 0.2) is 24.4 Å². The van der Waals surface area contributed by atoms with E-state index in [1.807, 2.05) is 12.3 Å². The fourth-order valence-electron chi connectivity index (χ4n) is 2.68. The molecule has 1 aliphatic rings. The van der Waals surface area contributed by atoms with E-state index in [0.717, 1.165) is 32.1 Å². The molecule has 0 bridgehead atoms. The van der Waals surface area contributed by atoms with Crippen molar-refractivity contribution in [2.24, 2.45) is 5.92 Å². The molecule has 1 aromatic rings. The van der Waals surface area contributed by atoms with E-state index in [1.165, 1.54) is 25.0 Å². The number of nitrogens with zero attached hydrogens (tertiary/aromatic N) is 1. The number of rotatable bonds is 6. The summed E-state index contributed by atoms with van der Waals surface area (Å²) in [5.74, 6) is 0.812. The summed E-state index contributed by atoms with van der Waals surface area (Å²) in [6.45, 7) is 5.08. The molecule has 3 nitrogen and oxygen atoms in total. The quantitative estimate of drug-likeness (QED) is 0.839. The lowest BCUT2D eigenvalue weighted by Gasteiger charge is -2.27. The molecule has 1 aromatic heterocycles. The zero-order valence-corrected chi connectivity index (χ0v) is 11.3. The Hall–Kier alpha value is -0.930. The number of ether oxygens (including phenoxy) is 1. The van der Waals surface area contributed by atoms with E-state index in [2.05, 4.69) is 29.4 Å². The van der Waals surface area contributed by atoms with Crippen molar-refractivity contribution in [2.75, 3.05) is 19.8 Å². The van der Waals surface area contributed by atoms with Crippen LogP contribution >= 0.6 is 0 Å². The second-order valence-electron chi connectivity index (χ2n) is 5.07. The van der Waals surface area contributed by atoms with E-state index >= 15 is 0 Å². The topological polar surface area (TPSA) is 34.2 Å². The summed E-state index contributed by atoms with van der Waals surface area (Å²) in [7, 11) is 0. The van der Waals surface area contributed by atoms with Gasteiger partial charge in [-0.1, -0.05) is 13.0 Å². The van der Waals surface area contributed by atoms with Crippen molar-refractivity contribution in [1.82, 2.24) is 10.3 Å². The van der Waals surface area contributed by atoms with Crippen molar-refractivity contribution < 1.29 is 4.74 Å². The minimum atomic E-state index is 0.549. The Kier molecular flexibility index (Phi) is 5.62. The Morgan fingerprint density at radius 2 is 2.22 bits per heavy atom. The van der Waals surface area contributed by atoms with Crippen molar-refractivity contribution in [3.05, 3.63) is 30.1 Å². The lowest BCUT2D eigenvalue weighted by atomic mass is 9.90. The molecule has 1 fully saturated rings. The van der Waals surface area contributed by atoms with Gasteiger partial charge in [-0.05, 0) is 43.9 Å². The molecule has 0 amide bonds. The number of pyridine rings is 1. The molecule has 2 heterocycles. The van der Waals surface area contributed by atoms with Crippen LogP contribution in [0.1, 0.15) is 31.9 Å². The molecule has 0 saturated carbocycles. The van der Waals surface area contributed by atoms with Crippen molar-refractivity contribution in [3.8, 4) is 0 Å². The van der Waals surface area contributed by atoms with Crippen LogP contribution in [0.3, 0.4) is 0 Å². The first-order valence-corrected chi connectivity index (χ1v) is 7.09. The Morgan fingerprint density at radius 1 is 1.39 bits per heavy atom. The maximum Gasteiger partial charge on any atom is 0.0468 e. The molecule has 0 aromatic carbocycles. The summed E-state index contributed by atoms with van der Waals surface area (Å²) in [5.41, 5.74) is 1.19. The molecule has 0 radical (unpaired) electrons. The normalized spacial score (nSPS) is 18.7.